The summed E-state index contributed by atoms with van der Waals surface area (Å²) in [6, 6.07) is 1.91. The maximum Gasteiger partial charge on any atom is 0.316 e. The lowest BCUT2D eigenvalue weighted by molar-refractivity contribution is -0.136. The number of carbonyl (C=O) groups is 1. The molecule has 0 spiro atoms. The summed E-state index contributed by atoms with van der Waals surface area (Å²) in [7, 11) is 0. The van der Waals surface area contributed by atoms with Crippen LogP contribution in [0.15, 0.2) is 16.3 Å². The number of rotatable bonds is 4. The third-order valence-corrected chi connectivity index (χ3v) is 4.38. The Morgan fingerprint density at radius 1 is 1.62 bits per heavy atom. The molecular weight excluding hydrogens is 248 g/mol. The van der Waals surface area contributed by atoms with E-state index in [9.17, 15) is 4.79 Å². The van der Waals surface area contributed by atoms with E-state index in [1.807, 2.05) is 11.4 Å². The zero-order valence-electron chi connectivity index (χ0n) is 8.71. The Morgan fingerprint density at radius 2 is 2.31 bits per heavy atom. The van der Waals surface area contributed by atoms with Gasteiger partial charge in [-0.25, -0.2) is 0 Å². The number of ether oxygens (including phenoxy) is 2. The maximum absolute atomic E-state index is 10.8. The van der Waals surface area contributed by atoms with Gasteiger partial charge >= 0.3 is 5.97 Å². The standard InChI is InChI=1S/C10H12O4S2/c1-6(9(11)12)16-7-2-5-15-8(7)10-13-3-4-14-10/h2,5-6,10H,3-4H2,1H3,(H,11,12). The minimum absolute atomic E-state index is 0.316. The van der Waals surface area contributed by atoms with E-state index in [1.54, 1.807) is 6.92 Å². The largest absolute Gasteiger partial charge is 0.480 e. The lowest BCUT2D eigenvalue weighted by Crippen LogP contribution is -2.11. The molecule has 2 heterocycles. The van der Waals surface area contributed by atoms with E-state index in [-0.39, 0.29) is 6.29 Å². The topological polar surface area (TPSA) is 55.8 Å². The molecule has 1 atom stereocenters. The molecule has 1 N–H and O–H groups in total. The molecule has 0 amide bonds. The van der Waals surface area contributed by atoms with Crippen LogP contribution >= 0.6 is 23.1 Å². The van der Waals surface area contributed by atoms with Crippen molar-refractivity contribution in [2.24, 2.45) is 0 Å². The van der Waals surface area contributed by atoms with Gasteiger partial charge in [0.05, 0.1) is 18.1 Å². The number of carboxylic acid groups (broad SMARTS) is 1. The minimum atomic E-state index is -0.810. The molecule has 6 heteroatoms. The van der Waals surface area contributed by atoms with Crippen LogP contribution in [-0.4, -0.2) is 29.5 Å². The number of hydrogen-bond donors (Lipinski definition) is 1. The van der Waals surface area contributed by atoms with Crippen molar-refractivity contribution < 1.29 is 19.4 Å². The monoisotopic (exact) mass is 260 g/mol. The van der Waals surface area contributed by atoms with Crippen LogP contribution in [0, 0.1) is 0 Å². The molecule has 1 unspecified atom stereocenters. The molecule has 1 aromatic rings. The van der Waals surface area contributed by atoms with Crippen LogP contribution < -0.4 is 0 Å². The van der Waals surface area contributed by atoms with Gasteiger partial charge < -0.3 is 14.6 Å². The molecule has 0 bridgehead atoms. The molecule has 0 saturated carbocycles. The van der Waals surface area contributed by atoms with E-state index in [4.69, 9.17) is 14.6 Å². The molecule has 1 aliphatic rings. The van der Waals surface area contributed by atoms with Crippen LogP contribution in [0.3, 0.4) is 0 Å². The van der Waals surface area contributed by atoms with Crippen molar-refractivity contribution in [2.45, 2.75) is 23.4 Å². The molecule has 1 fully saturated rings. The van der Waals surface area contributed by atoms with Crippen molar-refractivity contribution in [2.75, 3.05) is 13.2 Å². The van der Waals surface area contributed by atoms with Gasteiger partial charge in [0.15, 0.2) is 6.29 Å². The Kier molecular flexibility index (Phi) is 3.86. The van der Waals surface area contributed by atoms with E-state index < -0.39 is 11.2 Å². The highest BCUT2D eigenvalue weighted by molar-refractivity contribution is 8.00. The smallest absolute Gasteiger partial charge is 0.316 e. The summed E-state index contributed by atoms with van der Waals surface area (Å²) in [5.74, 6) is -0.810. The predicted molar refractivity (Wildman–Crippen MR) is 61.9 cm³/mol. The number of thioether (sulfide) groups is 1. The van der Waals surface area contributed by atoms with E-state index in [0.717, 1.165) is 9.77 Å². The molecule has 1 aromatic heterocycles. The quantitative estimate of drug-likeness (QED) is 0.842. The van der Waals surface area contributed by atoms with Gasteiger partial charge in [0.25, 0.3) is 0 Å². The van der Waals surface area contributed by atoms with Crippen molar-refractivity contribution >= 4 is 29.1 Å². The van der Waals surface area contributed by atoms with Gasteiger partial charge in [0, 0.05) is 4.90 Å². The van der Waals surface area contributed by atoms with E-state index >= 15 is 0 Å². The summed E-state index contributed by atoms with van der Waals surface area (Å²) >= 11 is 2.86. The summed E-state index contributed by atoms with van der Waals surface area (Å²) in [5.41, 5.74) is 0. The van der Waals surface area contributed by atoms with Gasteiger partial charge in [-0.1, -0.05) is 0 Å². The van der Waals surface area contributed by atoms with Gasteiger partial charge in [0.1, 0.15) is 5.25 Å². The number of thiophene rings is 1. The Hall–Kier alpha value is -0.560. The predicted octanol–water partition coefficient (Wildman–Crippen LogP) is 2.36. The van der Waals surface area contributed by atoms with Crippen molar-refractivity contribution in [3.8, 4) is 0 Å². The second-order valence-corrected chi connectivity index (χ2v) is 5.65. The average molecular weight is 260 g/mol. The lowest BCUT2D eigenvalue weighted by Gasteiger charge is -2.11. The van der Waals surface area contributed by atoms with Crippen molar-refractivity contribution in [1.29, 1.82) is 0 Å². The van der Waals surface area contributed by atoms with Gasteiger partial charge in [-0.05, 0) is 18.4 Å². The van der Waals surface area contributed by atoms with E-state index in [1.165, 1.54) is 23.1 Å². The Balaban J connectivity index is 2.09. The van der Waals surface area contributed by atoms with Crippen LogP contribution in [0.1, 0.15) is 18.1 Å². The third kappa shape index (κ3) is 2.57. The third-order valence-electron chi connectivity index (χ3n) is 2.14. The highest BCUT2D eigenvalue weighted by Crippen LogP contribution is 2.38. The fraction of sp³-hybridized carbons (Fsp3) is 0.500. The SMILES string of the molecule is CC(Sc1ccsc1C1OCCO1)C(=O)O. The molecule has 0 aliphatic carbocycles. The van der Waals surface area contributed by atoms with Crippen LogP contribution in [-0.2, 0) is 14.3 Å². The molecular formula is C10H12O4S2. The first-order valence-corrected chi connectivity index (χ1v) is 6.64. The van der Waals surface area contributed by atoms with Crippen LogP contribution in [0.25, 0.3) is 0 Å². The summed E-state index contributed by atoms with van der Waals surface area (Å²) in [6.45, 7) is 2.87. The zero-order chi connectivity index (χ0) is 11.5. The summed E-state index contributed by atoms with van der Waals surface area (Å²) in [5, 5.41) is 10.3. The zero-order valence-corrected chi connectivity index (χ0v) is 10.3. The van der Waals surface area contributed by atoms with Crippen molar-refractivity contribution in [3.05, 3.63) is 16.3 Å². The summed E-state index contributed by atoms with van der Waals surface area (Å²) in [4.78, 5) is 12.7. The summed E-state index contributed by atoms with van der Waals surface area (Å²) in [6.07, 6.45) is -0.316. The fourth-order valence-corrected chi connectivity index (χ4v) is 3.33. The lowest BCUT2D eigenvalue weighted by atomic mass is 10.4. The van der Waals surface area contributed by atoms with Crippen molar-refractivity contribution in [1.82, 2.24) is 0 Å². The first kappa shape index (κ1) is 11.9. The van der Waals surface area contributed by atoms with E-state index in [2.05, 4.69) is 0 Å². The molecule has 0 radical (unpaired) electrons. The Morgan fingerprint density at radius 3 is 2.94 bits per heavy atom. The van der Waals surface area contributed by atoms with Crippen LogP contribution in [0.4, 0.5) is 0 Å². The molecule has 88 valence electrons. The first-order valence-electron chi connectivity index (χ1n) is 4.88. The highest BCUT2D eigenvalue weighted by Gasteiger charge is 2.24. The molecule has 0 aromatic carbocycles. The minimum Gasteiger partial charge on any atom is -0.480 e. The number of carboxylic acids is 1. The van der Waals surface area contributed by atoms with Gasteiger partial charge in [-0.2, -0.15) is 0 Å². The average Bonchev–Trinajstić information content (AvgIpc) is 2.85. The van der Waals surface area contributed by atoms with Gasteiger partial charge in [0.2, 0.25) is 0 Å². The fourth-order valence-electron chi connectivity index (χ4n) is 1.33. The molecule has 4 nitrogen and oxygen atoms in total. The van der Waals surface area contributed by atoms with Gasteiger partial charge in [-0.3, -0.25) is 4.79 Å². The maximum atomic E-state index is 10.8. The Labute approximate surface area is 102 Å². The van der Waals surface area contributed by atoms with Gasteiger partial charge in [-0.15, -0.1) is 23.1 Å². The Bertz CT molecular complexity index is 371. The molecule has 1 saturated heterocycles. The second kappa shape index (κ2) is 5.18. The second-order valence-electron chi connectivity index (χ2n) is 3.32. The molecule has 2 rings (SSSR count). The summed E-state index contributed by atoms with van der Waals surface area (Å²) < 4.78 is 10.8. The van der Waals surface area contributed by atoms with Crippen LogP contribution in [0.5, 0.6) is 0 Å². The number of aliphatic carboxylic acids is 1. The van der Waals surface area contributed by atoms with Crippen LogP contribution in [0.2, 0.25) is 0 Å². The molecule has 1 aliphatic heterocycles. The first-order chi connectivity index (χ1) is 7.68. The normalized spacial score (nSPS) is 18.8. The van der Waals surface area contributed by atoms with Crippen molar-refractivity contribution in [3.63, 3.8) is 0 Å². The van der Waals surface area contributed by atoms with E-state index in [0.29, 0.717) is 13.2 Å². The number of hydrogen-bond acceptors (Lipinski definition) is 5. The highest BCUT2D eigenvalue weighted by atomic mass is 32.2. The molecule has 16 heavy (non-hydrogen) atoms.